The molecule has 0 fully saturated rings. The Morgan fingerprint density at radius 1 is 0.941 bits per heavy atom. The number of methoxy groups -OCH3 is 2. The van der Waals surface area contributed by atoms with E-state index in [0.29, 0.717) is 27.9 Å². The van der Waals surface area contributed by atoms with E-state index in [1.807, 2.05) is 31.2 Å². The molecule has 0 aliphatic carbocycles. The van der Waals surface area contributed by atoms with Crippen molar-refractivity contribution in [3.63, 3.8) is 0 Å². The predicted octanol–water partition coefficient (Wildman–Crippen LogP) is 5.61. The van der Waals surface area contributed by atoms with E-state index in [9.17, 15) is 9.59 Å². The Kier molecular flexibility index (Phi) is 7.34. The van der Waals surface area contributed by atoms with Crippen molar-refractivity contribution < 1.29 is 19.1 Å². The zero-order valence-corrected chi connectivity index (χ0v) is 20.5. The van der Waals surface area contributed by atoms with E-state index in [1.165, 1.54) is 30.2 Å². The molecule has 174 valence electrons. The number of benzene rings is 3. The van der Waals surface area contributed by atoms with Gasteiger partial charge in [0, 0.05) is 16.1 Å². The number of hydrogen-bond acceptors (Lipinski definition) is 7. The number of aryl methyl sites for hydroxylation is 1. The number of fused-ring (bicyclic) bond motifs is 1. The average molecular weight is 494 g/mol. The van der Waals surface area contributed by atoms with Gasteiger partial charge in [0.1, 0.15) is 0 Å². The first-order chi connectivity index (χ1) is 16.4. The Labute approximate surface area is 205 Å². The number of aromatic nitrogens is 1. The molecule has 0 radical (unpaired) electrons. The summed E-state index contributed by atoms with van der Waals surface area (Å²) < 4.78 is 11.5. The summed E-state index contributed by atoms with van der Waals surface area (Å²) in [5.74, 6) is 0.925. The SMILES string of the molecule is COc1ccc(C(=O)Nc2ccc(SCC(=O)Nc3nc4ccc(C)cc4s3)cc2)cc1OC. The number of hydrogen-bond donors (Lipinski definition) is 2. The fourth-order valence-corrected chi connectivity index (χ4v) is 4.88. The fraction of sp³-hybridized carbons (Fsp3) is 0.160. The first-order valence-corrected chi connectivity index (χ1v) is 12.2. The molecule has 4 rings (SSSR count). The number of rotatable bonds is 8. The van der Waals surface area contributed by atoms with Gasteiger partial charge in [-0.05, 0) is 67.1 Å². The van der Waals surface area contributed by atoms with Crippen molar-refractivity contribution in [2.45, 2.75) is 11.8 Å². The molecule has 4 aromatic rings. The van der Waals surface area contributed by atoms with E-state index in [0.717, 1.165) is 20.7 Å². The zero-order chi connectivity index (χ0) is 24.1. The number of thiazole rings is 1. The van der Waals surface area contributed by atoms with Crippen LogP contribution in [0.5, 0.6) is 11.5 Å². The van der Waals surface area contributed by atoms with Crippen LogP contribution in [-0.2, 0) is 4.79 Å². The summed E-state index contributed by atoms with van der Waals surface area (Å²) in [6, 6.07) is 18.3. The lowest BCUT2D eigenvalue weighted by Crippen LogP contribution is -2.13. The van der Waals surface area contributed by atoms with Crippen molar-refractivity contribution in [3.8, 4) is 11.5 Å². The maximum absolute atomic E-state index is 12.6. The Bertz CT molecular complexity index is 1340. The largest absolute Gasteiger partial charge is 0.493 e. The molecule has 0 unspecified atom stereocenters. The van der Waals surface area contributed by atoms with E-state index < -0.39 is 0 Å². The molecule has 2 N–H and O–H groups in total. The quantitative estimate of drug-likeness (QED) is 0.310. The minimum Gasteiger partial charge on any atom is -0.493 e. The first kappa shape index (κ1) is 23.6. The maximum atomic E-state index is 12.6. The monoisotopic (exact) mass is 493 g/mol. The second-order valence-corrected chi connectivity index (χ2v) is 9.45. The molecule has 9 heteroatoms. The first-order valence-electron chi connectivity index (χ1n) is 10.4. The van der Waals surface area contributed by atoms with Crippen LogP contribution in [-0.4, -0.2) is 36.8 Å². The Morgan fingerprint density at radius 3 is 2.44 bits per heavy atom. The summed E-state index contributed by atoms with van der Waals surface area (Å²) >= 11 is 2.88. The summed E-state index contributed by atoms with van der Waals surface area (Å²) in [6.45, 7) is 2.03. The molecular weight excluding hydrogens is 470 g/mol. The van der Waals surface area contributed by atoms with Crippen LogP contribution in [0.3, 0.4) is 0 Å². The maximum Gasteiger partial charge on any atom is 0.255 e. The van der Waals surface area contributed by atoms with Crippen molar-refractivity contribution in [3.05, 3.63) is 71.8 Å². The normalized spacial score (nSPS) is 10.7. The third-order valence-corrected chi connectivity index (χ3v) is 6.86. The number of ether oxygens (including phenoxy) is 2. The summed E-state index contributed by atoms with van der Waals surface area (Å²) in [6.07, 6.45) is 0. The lowest BCUT2D eigenvalue weighted by Gasteiger charge is -2.10. The standard InChI is InChI=1S/C25H23N3O4S2/c1-15-4-10-19-22(12-15)34-25(27-19)28-23(29)14-33-18-8-6-17(7-9-18)26-24(30)16-5-11-20(31-2)21(13-16)32-3/h4-13H,14H2,1-3H3,(H,26,30)(H,27,28,29). The van der Waals surface area contributed by atoms with Crippen LogP contribution >= 0.6 is 23.1 Å². The molecule has 0 aliphatic rings. The number of anilines is 2. The van der Waals surface area contributed by atoms with Crippen LogP contribution < -0.4 is 20.1 Å². The lowest BCUT2D eigenvalue weighted by atomic mass is 10.2. The van der Waals surface area contributed by atoms with Gasteiger partial charge in [-0.25, -0.2) is 4.98 Å². The van der Waals surface area contributed by atoms with Crippen LogP contribution in [0.4, 0.5) is 10.8 Å². The number of nitrogens with one attached hydrogen (secondary N) is 2. The highest BCUT2D eigenvalue weighted by atomic mass is 32.2. The van der Waals surface area contributed by atoms with Crippen molar-refractivity contribution >= 4 is 55.9 Å². The van der Waals surface area contributed by atoms with Crippen molar-refractivity contribution in [2.24, 2.45) is 0 Å². The van der Waals surface area contributed by atoms with Crippen molar-refractivity contribution in [2.75, 3.05) is 30.6 Å². The average Bonchev–Trinajstić information content (AvgIpc) is 3.24. The van der Waals surface area contributed by atoms with E-state index in [4.69, 9.17) is 9.47 Å². The summed E-state index contributed by atoms with van der Waals surface area (Å²) in [5, 5.41) is 6.32. The second-order valence-electron chi connectivity index (χ2n) is 7.38. The van der Waals surface area contributed by atoms with Gasteiger partial charge in [-0.3, -0.25) is 9.59 Å². The van der Waals surface area contributed by atoms with E-state index >= 15 is 0 Å². The zero-order valence-electron chi connectivity index (χ0n) is 18.9. The summed E-state index contributed by atoms with van der Waals surface area (Å²) in [4.78, 5) is 30.3. The molecule has 0 saturated heterocycles. The molecule has 1 aromatic heterocycles. The number of carbonyl (C=O) groups is 2. The van der Waals surface area contributed by atoms with Crippen LogP contribution in [0, 0.1) is 6.92 Å². The second kappa shape index (κ2) is 10.6. The number of thioether (sulfide) groups is 1. The smallest absolute Gasteiger partial charge is 0.255 e. The van der Waals surface area contributed by atoms with E-state index in [1.54, 1.807) is 37.4 Å². The van der Waals surface area contributed by atoms with Gasteiger partial charge in [-0.1, -0.05) is 17.4 Å². The molecular formula is C25H23N3O4S2. The molecule has 2 amide bonds. The fourth-order valence-electron chi connectivity index (χ4n) is 3.20. The van der Waals surface area contributed by atoms with E-state index in [2.05, 4.69) is 21.7 Å². The van der Waals surface area contributed by atoms with Gasteiger partial charge < -0.3 is 20.1 Å². The highest BCUT2D eigenvalue weighted by molar-refractivity contribution is 8.00. The van der Waals surface area contributed by atoms with Gasteiger partial charge in [-0.15, -0.1) is 11.8 Å². The number of amides is 2. The van der Waals surface area contributed by atoms with Crippen molar-refractivity contribution in [1.82, 2.24) is 4.98 Å². The summed E-state index contributed by atoms with van der Waals surface area (Å²) in [5.41, 5.74) is 3.15. The number of nitrogens with zero attached hydrogens (tertiary/aromatic N) is 1. The van der Waals surface area contributed by atoms with Crippen LogP contribution in [0.25, 0.3) is 10.2 Å². The van der Waals surface area contributed by atoms with Gasteiger partial charge in [-0.2, -0.15) is 0 Å². The molecule has 7 nitrogen and oxygen atoms in total. The molecule has 3 aromatic carbocycles. The Hall–Kier alpha value is -3.56. The minimum atomic E-state index is -0.258. The molecule has 0 atom stereocenters. The molecule has 0 saturated carbocycles. The van der Waals surface area contributed by atoms with Crippen LogP contribution in [0.2, 0.25) is 0 Å². The highest BCUT2D eigenvalue weighted by Gasteiger charge is 2.12. The number of carbonyl (C=O) groups excluding carboxylic acids is 2. The Balaban J connectivity index is 1.30. The minimum absolute atomic E-state index is 0.119. The molecule has 34 heavy (non-hydrogen) atoms. The van der Waals surface area contributed by atoms with Gasteiger partial charge >= 0.3 is 0 Å². The molecule has 0 aliphatic heterocycles. The molecule has 0 bridgehead atoms. The predicted molar refractivity (Wildman–Crippen MR) is 138 cm³/mol. The van der Waals surface area contributed by atoms with Gasteiger partial charge in [0.25, 0.3) is 5.91 Å². The topological polar surface area (TPSA) is 89.5 Å². The van der Waals surface area contributed by atoms with Crippen LogP contribution in [0.15, 0.2) is 65.6 Å². The summed E-state index contributed by atoms with van der Waals surface area (Å²) in [7, 11) is 3.07. The Morgan fingerprint density at radius 2 is 1.71 bits per heavy atom. The lowest BCUT2D eigenvalue weighted by molar-refractivity contribution is -0.113. The van der Waals surface area contributed by atoms with E-state index in [-0.39, 0.29) is 17.6 Å². The highest BCUT2D eigenvalue weighted by Crippen LogP contribution is 2.29. The molecule has 1 heterocycles. The van der Waals surface area contributed by atoms with Gasteiger partial charge in [0.15, 0.2) is 16.6 Å². The van der Waals surface area contributed by atoms with Gasteiger partial charge in [0.2, 0.25) is 5.91 Å². The van der Waals surface area contributed by atoms with Crippen LogP contribution in [0.1, 0.15) is 15.9 Å². The van der Waals surface area contributed by atoms with Gasteiger partial charge in [0.05, 0.1) is 30.2 Å². The third-order valence-electron chi connectivity index (χ3n) is 4.92. The van der Waals surface area contributed by atoms with Crippen molar-refractivity contribution in [1.29, 1.82) is 0 Å². The third kappa shape index (κ3) is 5.67. The molecule has 0 spiro atoms.